The third-order valence-electron chi connectivity index (χ3n) is 2.34. The fraction of sp³-hybridized carbons (Fsp3) is 0. The second-order valence-electron chi connectivity index (χ2n) is 3.38. The molecule has 3 nitrogen and oxygen atoms in total. The summed E-state index contributed by atoms with van der Waals surface area (Å²) in [6.07, 6.45) is 0. The molecule has 0 saturated heterocycles. The van der Waals surface area contributed by atoms with Gasteiger partial charge in [-0.05, 0) is 34.7 Å². The molecule has 0 aliphatic rings. The van der Waals surface area contributed by atoms with Gasteiger partial charge in [0.25, 0.3) is 0 Å². The van der Waals surface area contributed by atoms with Crippen LogP contribution < -0.4 is 0 Å². The molecule has 0 unspecified atom stereocenters. The normalized spacial score (nSPS) is 10.6. The number of rotatable bonds is 1. The van der Waals surface area contributed by atoms with Crippen molar-refractivity contribution >= 4 is 44.3 Å². The van der Waals surface area contributed by atoms with E-state index >= 15 is 0 Å². The van der Waals surface area contributed by atoms with E-state index in [1.54, 1.807) is 0 Å². The van der Waals surface area contributed by atoms with E-state index < -0.39 is 0 Å². The standard InChI is InChI=1S/C12H5IN2OS/c13-10-8(6-14)9-12(17-10)15-11(16-9)7-4-2-1-3-5-7/h1-5H. The van der Waals surface area contributed by atoms with E-state index in [1.165, 1.54) is 11.3 Å². The van der Waals surface area contributed by atoms with E-state index in [9.17, 15) is 0 Å². The number of halogens is 1. The van der Waals surface area contributed by atoms with Gasteiger partial charge in [0.1, 0.15) is 11.6 Å². The number of fused-ring (bicyclic) bond motifs is 1. The zero-order chi connectivity index (χ0) is 11.8. The molecule has 0 fully saturated rings. The van der Waals surface area contributed by atoms with E-state index in [1.807, 2.05) is 30.3 Å². The first kappa shape index (κ1) is 10.7. The number of nitrogens with zero attached hydrogens (tertiary/aromatic N) is 2. The fourth-order valence-corrected chi connectivity index (χ4v) is 3.32. The number of nitriles is 1. The molecule has 82 valence electrons. The second-order valence-corrected chi connectivity index (χ2v) is 6.19. The minimum atomic E-state index is 0.569. The summed E-state index contributed by atoms with van der Waals surface area (Å²) in [6, 6.07) is 11.8. The van der Waals surface area contributed by atoms with Gasteiger partial charge in [0.15, 0.2) is 10.4 Å². The lowest BCUT2D eigenvalue weighted by atomic mass is 10.2. The average Bonchev–Trinajstić information content (AvgIpc) is 2.86. The highest BCUT2D eigenvalue weighted by Crippen LogP contribution is 2.34. The number of thiophene rings is 1. The highest BCUT2D eigenvalue weighted by Gasteiger charge is 2.17. The minimum absolute atomic E-state index is 0.569. The third kappa shape index (κ3) is 1.73. The summed E-state index contributed by atoms with van der Waals surface area (Å²) < 4.78 is 6.59. The average molecular weight is 352 g/mol. The van der Waals surface area contributed by atoms with Crippen LogP contribution in [0.4, 0.5) is 0 Å². The van der Waals surface area contributed by atoms with Gasteiger partial charge in [-0.2, -0.15) is 10.2 Å². The number of oxazole rings is 1. The predicted molar refractivity (Wildman–Crippen MR) is 74.8 cm³/mol. The molecule has 0 saturated carbocycles. The van der Waals surface area contributed by atoms with Crippen LogP contribution in [-0.2, 0) is 0 Å². The molecule has 17 heavy (non-hydrogen) atoms. The van der Waals surface area contributed by atoms with E-state index in [2.05, 4.69) is 33.6 Å². The van der Waals surface area contributed by atoms with Crippen molar-refractivity contribution in [3.63, 3.8) is 0 Å². The van der Waals surface area contributed by atoms with Crippen molar-refractivity contribution in [2.24, 2.45) is 0 Å². The summed E-state index contributed by atoms with van der Waals surface area (Å²) in [4.78, 5) is 5.19. The van der Waals surface area contributed by atoms with Gasteiger partial charge in [-0.25, -0.2) is 0 Å². The quantitative estimate of drug-likeness (QED) is 0.622. The van der Waals surface area contributed by atoms with Gasteiger partial charge in [-0.15, -0.1) is 11.3 Å². The monoisotopic (exact) mass is 352 g/mol. The molecule has 3 rings (SSSR count). The van der Waals surface area contributed by atoms with E-state index in [-0.39, 0.29) is 0 Å². The zero-order valence-electron chi connectivity index (χ0n) is 8.48. The molecular weight excluding hydrogens is 347 g/mol. The highest BCUT2D eigenvalue weighted by molar-refractivity contribution is 14.1. The van der Waals surface area contributed by atoms with Crippen molar-refractivity contribution in [3.8, 4) is 17.5 Å². The second kappa shape index (κ2) is 4.13. The van der Waals surface area contributed by atoms with Gasteiger partial charge in [-0.3, -0.25) is 0 Å². The lowest BCUT2D eigenvalue weighted by Crippen LogP contribution is -1.75. The molecule has 2 aromatic heterocycles. The lowest BCUT2D eigenvalue weighted by Gasteiger charge is -1.92. The Balaban J connectivity index is 2.22. The summed E-state index contributed by atoms with van der Waals surface area (Å²) in [7, 11) is 0. The molecule has 2 heterocycles. The van der Waals surface area contributed by atoms with Crippen LogP contribution in [0.3, 0.4) is 0 Å². The van der Waals surface area contributed by atoms with Crippen molar-refractivity contribution in [2.45, 2.75) is 0 Å². The van der Waals surface area contributed by atoms with Crippen LogP contribution in [0.25, 0.3) is 21.9 Å². The fourth-order valence-electron chi connectivity index (χ4n) is 1.56. The predicted octanol–water partition coefficient (Wildman–Crippen LogP) is 4.03. The number of hydrogen-bond acceptors (Lipinski definition) is 4. The Labute approximate surface area is 115 Å². The van der Waals surface area contributed by atoms with Crippen molar-refractivity contribution < 1.29 is 4.42 Å². The van der Waals surface area contributed by atoms with Gasteiger partial charge < -0.3 is 4.42 Å². The number of benzene rings is 1. The summed E-state index contributed by atoms with van der Waals surface area (Å²) in [5, 5.41) is 9.05. The largest absolute Gasteiger partial charge is 0.434 e. The van der Waals surface area contributed by atoms with Crippen LogP contribution in [0, 0.1) is 14.2 Å². The maximum Gasteiger partial charge on any atom is 0.228 e. The molecule has 0 radical (unpaired) electrons. The van der Waals surface area contributed by atoms with E-state index in [4.69, 9.17) is 9.68 Å². The van der Waals surface area contributed by atoms with Crippen LogP contribution in [0.1, 0.15) is 5.56 Å². The maximum absolute atomic E-state index is 9.05. The topological polar surface area (TPSA) is 49.8 Å². The summed E-state index contributed by atoms with van der Waals surface area (Å²) in [5.74, 6) is 0.569. The van der Waals surface area contributed by atoms with Crippen molar-refractivity contribution in [3.05, 3.63) is 38.8 Å². The number of aromatic nitrogens is 1. The molecule has 0 amide bonds. The zero-order valence-corrected chi connectivity index (χ0v) is 11.4. The first-order chi connectivity index (χ1) is 8.29. The van der Waals surface area contributed by atoms with Crippen molar-refractivity contribution in [1.82, 2.24) is 4.98 Å². The molecule has 0 aliphatic heterocycles. The van der Waals surface area contributed by atoms with Crippen molar-refractivity contribution in [1.29, 1.82) is 5.26 Å². The van der Waals surface area contributed by atoms with E-state index in [0.29, 0.717) is 17.0 Å². The Bertz CT molecular complexity index is 724. The van der Waals surface area contributed by atoms with Gasteiger partial charge in [-0.1, -0.05) is 18.2 Å². The SMILES string of the molecule is N#Cc1c(I)sc2nc(-c3ccccc3)oc12. The summed E-state index contributed by atoms with van der Waals surface area (Å²) in [5.41, 5.74) is 2.11. The Morgan fingerprint density at radius 3 is 2.76 bits per heavy atom. The molecule has 0 bridgehead atoms. The minimum Gasteiger partial charge on any atom is -0.434 e. The van der Waals surface area contributed by atoms with Crippen LogP contribution >= 0.6 is 33.9 Å². The van der Waals surface area contributed by atoms with Crippen LogP contribution in [0.15, 0.2) is 34.7 Å². The molecule has 0 N–H and O–H groups in total. The number of hydrogen-bond donors (Lipinski definition) is 0. The Kier molecular flexibility index (Phi) is 2.61. The van der Waals surface area contributed by atoms with Gasteiger partial charge in [0.2, 0.25) is 5.89 Å². The smallest absolute Gasteiger partial charge is 0.228 e. The first-order valence-corrected chi connectivity index (χ1v) is 6.73. The van der Waals surface area contributed by atoms with Crippen molar-refractivity contribution in [2.75, 3.05) is 0 Å². The molecule has 3 aromatic rings. The Morgan fingerprint density at radius 2 is 2.06 bits per heavy atom. The molecule has 0 spiro atoms. The van der Waals surface area contributed by atoms with Crippen LogP contribution in [0.5, 0.6) is 0 Å². The Morgan fingerprint density at radius 1 is 1.29 bits per heavy atom. The molecule has 0 atom stereocenters. The van der Waals surface area contributed by atoms with Gasteiger partial charge in [0, 0.05) is 5.56 Å². The molecule has 1 aromatic carbocycles. The first-order valence-electron chi connectivity index (χ1n) is 4.84. The maximum atomic E-state index is 9.05. The molecule has 5 heteroatoms. The Hall–Kier alpha value is -1.39. The van der Waals surface area contributed by atoms with Crippen LogP contribution in [-0.4, -0.2) is 4.98 Å². The van der Waals surface area contributed by atoms with Gasteiger partial charge in [0.05, 0.1) is 2.88 Å². The third-order valence-corrected chi connectivity index (χ3v) is 4.39. The van der Waals surface area contributed by atoms with E-state index in [0.717, 1.165) is 13.3 Å². The highest BCUT2D eigenvalue weighted by atomic mass is 127. The molecule has 0 aliphatic carbocycles. The summed E-state index contributed by atoms with van der Waals surface area (Å²) in [6.45, 7) is 0. The lowest BCUT2D eigenvalue weighted by molar-refractivity contribution is 0.619. The summed E-state index contributed by atoms with van der Waals surface area (Å²) >= 11 is 3.61. The molecular formula is C12H5IN2OS. The van der Waals surface area contributed by atoms with Gasteiger partial charge >= 0.3 is 0 Å². The van der Waals surface area contributed by atoms with Crippen LogP contribution in [0.2, 0.25) is 0 Å².